The summed E-state index contributed by atoms with van der Waals surface area (Å²) in [5, 5.41) is 26.8. The van der Waals surface area contributed by atoms with Crippen LogP contribution in [0.2, 0.25) is 0 Å². The maximum absolute atomic E-state index is 13.9. The highest BCUT2D eigenvalue weighted by Crippen LogP contribution is 2.26. The van der Waals surface area contributed by atoms with Crippen LogP contribution in [0.1, 0.15) is 31.7 Å². The van der Waals surface area contributed by atoms with Crippen LogP contribution in [-0.2, 0) is 25.7 Å². The summed E-state index contributed by atoms with van der Waals surface area (Å²) in [6.07, 6.45) is -3.40. The number of fused-ring (bicyclic) bond motifs is 6. The van der Waals surface area contributed by atoms with Gasteiger partial charge in [0.25, 0.3) is 0 Å². The zero-order valence-electron chi connectivity index (χ0n) is 22.5. The zero-order valence-corrected chi connectivity index (χ0v) is 22.5. The van der Waals surface area contributed by atoms with Crippen molar-refractivity contribution in [2.24, 2.45) is 0 Å². The summed E-state index contributed by atoms with van der Waals surface area (Å²) in [4.78, 5) is 45.6. The molecule has 0 aliphatic carbocycles. The Labute approximate surface area is 231 Å². The Bertz CT molecular complexity index is 1130. The summed E-state index contributed by atoms with van der Waals surface area (Å²) in [6, 6.07) is 2.08. The molecule has 3 amide bonds. The molecule has 1 aromatic carbocycles. The normalized spacial score (nSPS) is 34.2. The predicted molar refractivity (Wildman–Crippen MR) is 138 cm³/mol. The molecule has 0 saturated carbocycles. The molecule has 4 aliphatic rings. The number of amides is 3. The number of hydrogen-bond acceptors (Lipinski definition) is 8. The minimum atomic E-state index is -1.30. The van der Waals surface area contributed by atoms with Crippen molar-refractivity contribution in [2.45, 2.75) is 75.3 Å². The number of carbonyl (C=O) groups is 3. The van der Waals surface area contributed by atoms with Crippen molar-refractivity contribution in [1.82, 2.24) is 25.3 Å². The number of piperazine rings is 1. The molecule has 4 saturated heterocycles. The van der Waals surface area contributed by atoms with Gasteiger partial charge < -0.3 is 30.5 Å². The molecule has 0 aromatic heterocycles. The summed E-state index contributed by atoms with van der Waals surface area (Å²) in [5.41, 5.74) is 0.489. The first-order valence-corrected chi connectivity index (χ1v) is 13.9. The fourth-order valence-electron chi connectivity index (χ4n) is 6.29. The highest BCUT2D eigenvalue weighted by atomic mass is 19.2. The van der Waals surface area contributed by atoms with Crippen LogP contribution in [0.5, 0.6) is 0 Å². The molecule has 7 atom stereocenters. The second-order valence-electron chi connectivity index (χ2n) is 11.2. The van der Waals surface area contributed by atoms with E-state index < -0.39 is 54.0 Å². The summed E-state index contributed by atoms with van der Waals surface area (Å²) in [7, 11) is 0. The molecule has 13 heteroatoms. The Morgan fingerprint density at radius 1 is 1.00 bits per heavy atom. The van der Waals surface area contributed by atoms with Crippen LogP contribution in [0, 0.1) is 11.6 Å². The van der Waals surface area contributed by atoms with Gasteiger partial charge in [0.05, 0.1) is 18.6 Å². The molecule has 6 bridgehead atoms. The number of likely N-dealkylation sites (tertiary alicyclic amines) is 1. The van der Waals surface area contributed by atoms with Gasteiger partial charge in [-0.05, 0) is 37.1 Å². The maximum Gasteiger partial charge on any atom is 0.240 e. The molecule has 4 fully saturated rings. The van der Waals surface area contributed by atoms with Crippen molar-refractivity contribution < 1.29 is 38.1 Å². The van der Waals surface area contributed by atoms with Crippen LogP contribution in [0.3, 0.4) is 0 Å². The molecule has 4 N–H and O–H groups in total. The van der Waals surface area contributed by atoms with Gasteiger partial charge in [-0.2, -0.15) is 0 Å². The summed E-state index contributed by atoms with van der Waals surface area (Å²) in [5.74, 6) is -2.81. The van der Waals surface area contributed by atoms with Crippen molar-refractivity contribution in [3.63, 3.8) is 0 Å². The van der Waals surface area contributed by atoms with Crippen molar-refractivity contribution in [3.05, 3.63) is 35.4 Å². The van der Waals surface area contributed by atoms with Crippen LogP contribution in [0.25, 0.3) is 0 Å². The average molecular weight is 566 g/mol. The fourth-order valence-corrected chi connectivity index (χ4v) is 6.29. The van der Waals surface area contributed by atoms with Crippen molar-refractivity contribution in [2.75, 3.05) is 39.3 Å². The number of nitrogens with zero attached hydrogens (tertiary/aromatic N) is 3. The number of aliphatic hydroxyl groups is 2. The van der Waals surface area contributed by atoms with Gasteiger partial charge >= 0.3 is 0 Å². The minimum absolute atomic E-state index is 0.0845. The Morgan fingerprint density at radius 2 is 1.77 bits per heavy atom. The number of carbonyl (C=O) groups excluding carboxylic acids is 3. The van der Waals surface area contributed by atoms with Gasteiger partial charge in [0.15, 0.2) is 11.6 Å². The second kappa shape index (κ2) is 12.0. The van der Waals surface area contributed by atoms with E-state index in [1.807, 2.05) is 11.8 Å². The van der Waals surface area contributed by atoms with E-state index in [1.54, 1.807) is 4.90 Å². The highest BCUT2D eigenvalue weighted by Gasteiger charge is 2.46. The van der Waals surface area contributed by atoms with Crippen molar-refractivity contribution in [1.29, 1.82) is 0 Å². The standard InChI is InChI=1S/C27H37F2N5O6/c1-2-5-32-13-16-9-19(32)27(39)34-7-6-33(12-15-3-4-17(28)18(29)8-15)20(14-34)26(38)30-11-22-25(37)24(36)21(40-22)10-23(35)31-16/h3-4,8,16,19-22,24-25,36-37H,2,5-7,9-14H2,1H3,(H,30,38)(H,31,35)/t16-,19-,20-,21-,22+,24-,25+/m0/s1. The average Bonchev–Trinajstić information content (AvgIpc) is 3.44. The first kappa shape index (κ1) is 28.8. The van der Waals surface area contributed by atoms with Gasteiger partial charge in [-0.25, -0.2) is 8.78 Å². The summed E-state index contributed by atoms with van der Waals surface area (Å²) in [6.45, 7) is 3.98. The van der Waals surface area contributed by atoms with Crippen LogP contribution in [0.15, 0.2) is 18.2 Å². The largest absolute Gasteiger partial charge is 0.388 e. The molecule has 0 spiro atoms. The lowest BCUT2D eigenvalue weighted by molar-refractivity contribution is -0.142. The number of ether oxygens (including phenoxy) is 1. The van der Waals surface area contributed by atoms with Gasteiger partial charge in [0, 0.05) is 45.3 Å². The maximum atomic E-state index is 13.9. The van der Waals surface area contributed by atoms with Gasteiger partial charge in [-0.1, -0.05) is 13.0 Å². The van der Waals surface area contributed by atoms with E-state index in [0.717, 1.165) is 18.6 Å². The summed E-state index contributed by atoms with van der Waals surface area (Å²) >= 11 is 0. The third-order valence-corrected chi connectivity index (χ3v) is 8.37. The molecule has 11 nitrogen and oxygen atoms in total. The third kappa shape index (κ3) is 5.98. The number of halogens is 2. The Hall–Kier alpha value is -2.71. The van der Waals surface area contributed by atoms with E-state index in [4.69, 9.17) is 4.74 Å². The lowest BCUT2D eigenvalue weighted by Gasteiger charge is -2.42. The van der Waals surface area contributed by atoms with E-state index in [2.05, 4.69) is 15.5 Å². The molecule has 0 unspecified atom stereocenters. The Balaban J connectivity index is 1.41. The SMILES string of the molecule is CCCN1C[C@@H]2C[C@H]1C(=O)N1CCN(Cc3ccc(F)c(F)c3)[C@@H](C1)C(=O)NC[C@H]1O[C@@H](CC(=O)N2)[C@H](O)[C@@H]1O. The molecule has 5 rings (SSSR count). The van der Waals surface area contributed by atoms with Crippen LogP contribution < -0.4 is 10.6 Å². The van der Waals surface area contributed by atoms with E-state index in [0.29, 0.717) is 38.2 Å². The molecular weight excluding hydrogens is 528 g/mol. The molecular formula is C27H37F2N5O6. The highest BCUT2D eigenvalue weighted by molar-refractivity contribution is 5.86. The van der Waals surface area contributed by atoms with Gasteiger partial charge in [-0.3, -0.25) is 24.2 Å². The van der Waals surface area contributed by atoms with E-state index in [-0.39, 0.29) is 43.9 Å². The fraction of sp³-hybridized carbons (Fsp3) is 0.667. The Morgan fingerprint density at radius 3 is 2.52 bits per heavy atom. The van der Waals surface area contributed by atoms with Crippen LogP contribution in [-0.4, -0.2) is 124 Å². The van der Waals surface area contributed by atoms with Gasteiger partial charge in [0.2, 0.25) is 17.7 Å². The lowest BCUT2D eigenvalue weighted by Crippen LogP contribution is -2.62. The third-order valence-electron chi connectivity index (χ3n) is 8.37. The van der Waals surface area contributed by atoms with Crippen LogP contribution in [0.4, 0.5) is 8.78 Å². The van der Waals surface area contributed by atoms with Gasteiger partial charge in [0.1, 0.15) is 24.4 Å². The zero-order chi connectivity index (χ0) is 28.6. The number of nitrogens with one attached hydrogen (secondary N) is 2. The lowest BCUT2D eigenvalue weighted by atomic mass is 10.0. The molecule has 1 aromatic rings. The first-order valence-electron chi connectivity index (χ1n) is 13.9. The molecule has 0 radical (unpaired) electrons. The topological polar surface area (TPSA) is 135 Å². The number of rotatable bonds is 4. The van der Waals surface area contributed by atoms with E-state index in [9.17, 15) is 33.4 Å². The summed E-state index contributed by atoms with van der Waals surface area (Å²) < 4.78 is 33.2. The molecule has 40 heavy (non-hydrogen) atoms. The molecule has 4 heterocycles. The Kier molecular flexibility index (Phi) is 8.66. The first-order chi connectivity index (χ1) is 19.1. The number of benzene rings is 1. The second-order valence-corrected chi connectivity index (χ2v) is 11.2. The van der Waals surface area contributed by atoms with E-state index >= 15 is 0 Å². The van der Waals surface area contributed by atoms with Gasteiger partial charge in [-0.15, -0.1) is 0 Å². The van der Waals surface area contributed by atoms with Crippen molar-refractivity contribution >= 4 is 17.7 Å². The minimum Gasteiger partial charge on any atom is -0.388 e. The monoisotopic (exact) mass is 565 g/mol. The quantitative estimate of drug-likeness (QED) is 0.364. The number of hydrogen-bond donors (Lipinski definition) is 4. The molecule has 4 aliphatic heterocycles. The van der Waals surface area contributed by atoms with Crippen molar-refractivity contribution in [3.8, 4) is 0 Å². The smallest absolute Gasteiger partial charge is 0.240 e. The van der Waals surface area contributed by atoms with Crippen LogP contribution >= 0.6 is 0 Å². The predicted octanol–water partition coefficient (Wildman–Crippen LogP) is -1.04. The molecule has 220 valence electrons. The number of aliphatic hydroxyl groups excluding tert-OH is 2. The van der Waals surface area contributed by atoms with E-state index in [1.165, 1.54) is 6.07 Å².